The van der Waals surface area contributed by atoms with Crippen LogP contribution in [-0.2, 0) is 0 Å². The van der Waals surface area contributed by atoms with Crippen LogP contribution in [0.1, 0.15) is 10.4 Å². The van der Waals surface area contributed by atoms with Crippen molar-refractivity contribution < 1.29 is 4.79 Å². The van der Waals surface area contributed by atoms with Gasteiger partial charge in [-0.1, -0.05) is 54.6 Å². The largest absolute Gasteiger partial charge is 0.298 e. The molecule has 0 unspecified atom stereocenters. The van der Waals surface area contributed by atoms with Gasteiger partial charge >= 0.3 is 0 Å². The van der Waals surface area contributed by atoms with Crippen molar-refractivity contribution in [1.82, 2.24) is 0 Å². The molecule has 0 aromatic heterocycles. The molecule has 0 aliphatic heterocycles. The van der Waals surface area contributed by atoms with Crippen LogP contribution in [0.2, 0.25) is 0 Å². The maximum atomic E-state index is 10.5. The molecule has 0 bridgehead atoms. The molecule has 2 aromatic carbocycles. The molecule has 0 aliphatic rings. The Morgan fingerprint density at radius 3 is 1.80 bits per heavy atom. The number of aldehydes is 1. The molecule has 0 saturated heterocycles. The van der Waals surface area contributed by atoms with Crippen LogP contribution in [0, 0.1) is 0 Å². The summed E-state index contributed by atoms with van der Waals surface area (Å²) in [5, 5.41) is 0. The fourth-order valence-electron chi connectivity index (χ4n) is 1.38. The van der Waals surface area contributed by atoms with Crippen LogP contribution in [0.15, 0.2) is 54.6 Å². The summed E-state index contributed by atoms with van der Waals surface area (Å²) in [6, 6.07) is 17.7. The summed E-state index contributed by atoms with van der Waals surface area (Å²) in [7, 11) is 0. The number of benzene rings is 2. The van der Waals surface area contributed by atoms with E-state index in [0.717, 1.165) is 11.8 Å². The lowest BCUT2D eigenvalue weighted by Crippen LogP contribution is -1.80. The molecule has 0 spiro atoms. The first kappa shape index (κ1) is 11.5. The third-order valence-corrected chi connectivity index (χ3v) is 2.15. The molecule has 0 radical (unpaired) electrons. The highest BCUT2D eigenvalue weighted by Gasteiger charge is 1.95. The van der Waals surface area contributed by atoms with Gasteiger partial charge < -0.3 is 0 Å². The van der Waals surface area contributed by atoms with E-state index in [4.69, 9.17) is 0 Å². The molecule has 76 valence electrons. The molecule has 2 heteroatoms. The molecule has 0 N–H and O–H groups in total. The van der Waals surface area contributed by atoms with Crippen molar-refractivity contribution in [3.63, 3.8) is 0 Å². The van der Waals surface area contributed by atoms with Crippen molar-refractivity contribution >= 4 is 18.7 Å². The zero-order valence-electron chi connectivity index (χ0n) is 8.09. The number of hydrogen-bond acceptors (Lipinski definition) is 1. The molecule has 0 fully saturated rings. The van der Waals surface area contributed by atoms with E-state index in [9.17, 15) is 4.79 Å². The highest BCUT2D eigenvalue weighted by atomic mass is 35.5. The summed E-state index contributed by atoms with van der Waals surface area (Å²) in [6.07, 6.45) is 0.856. The summed E-state index contributed by atoms with van der Waals surface area (Å²) in [5.41, 5.74) is 3.02. The Bertz CT molecular complexity index is 420. The van der Waals surface area contributed by atoms with Crippen LogP contribution in [0.25, 0.3) is 11.1 Å². The Kier molecular flexibility index (Phi) is 4.07. The molecule has 0 heterocycles. The van der Waals surface area contributed by atoms with Gasteiger partial charge in [-0.05, 0) is 11.1 Å². The average molecular weight is 219 g/mol. The monoisotopic (exact) mass is 218 g/mol. The van der Waals surface area contributed by atoms with Crippen molar-refractivity contribution in [2.24, 2.45) is 0 Å². The van der Waals surface area contributed by atoms with E-state index in [1.165, 1.54) is 5.56 Å². The molecule has 0 amide bonds. The van der Waals surface area contributed by atoms with E-state index >= 15 is 0 Å². The second kappa shape index (κ2) is 5.32. The Balaban J connectivity index is 0.00000112. The van der Waals surface area contributed by atoms with Gasteiger partial charge in [0.25, 0.3) is 0 Å². The topological polar surface area (TPSA) is 17.1 Å². The molecule has 15 heavy (non-hydrogen) atoms. The number of hydrogen-bond donors (Lipinski definition) is 0. The van der Waals surface area contributed by atoms with Gasteiger partial charge in [-0.25, -0.2) is 0 Å². The van der Waals surface area contributed by atoms with Crippen molar-refractivity contribution in [1.29, 1.82) is 0 Å². The number of carbonyl (C=O) groups is 1. The van der Waals surface area contributed by atoms with E-state index in [2.05, 4.69) is 12.1 Å². The van der Waals surface area contributed by atoms with Crippen molar-refractivity contribution in [2.45, 2.75) is 0 Å². The minimum Gasteiger partial charge on any atom is -0.298 e. The Morgan fingerprint density at radius 2 is 1.27 bits per heavy atom. The summed E-state index contributed by atoms with van der Waals surface area (Å²) in [4.78, 5) is 10.5. The van der Waals surface area contributed by atoms with Crippen LogP contribution >= 0.6 is 12.4 Å². The molecule has 0 saturated carbocycles. The number of rotatable bonds is 2. The number of carbonyl (C=O) groups excluding carboxylic acids is 1. The summed E-state index contributed by atoms with van der Waals surface area (Å²) >= 11 is 0. The van der Waals surface area contributed by atoms with E-state index in [1.54, 1.807) is 0 Å². The molecule has 1 nitrogen and oxygen atoms in total. The van der Waals surface area contributed by atoms with Crippen molar-refractivity contribution in [3.8, 4) is 11.1 Å². The van der Waals surface area contributed by atoms with Crippen LogP contribution in [0.5, 0.6) is 0 Å². The van der Waals surface area contributed by atoms with Crippen LogP contribution < -0.4 is 0 Å². The third kappa shape index (κ3) is 2.67. The first-order chi connectivity index (χ1) is 6.90. The zero-order chi connectivity index (χ0) is 9.80. The highest BCUT2D eigenvalue weighted by Crippen LogP contribution is 2.18. The van der Waals surface area contributed by atoms with Crippen LogP contribution in [0.4, 0.5) is 0 Å². The van der Waals surface area contributed by atoms with Crippen molar-refractivity contribution in [2.75, 3.05) is 0 Å². The Hall–Kier alpha value is -1.60. The number of halogens is 1. The molecule has 0 aliphatic carbocycles. The minimum atomic E-state index is 0. The summed E-state index contributed by atoms with van der Waals surface area (Å²) in [6.45, 7) is 0. The van der Waals surface area contributed by atoms with Gasteiger partial charge in [0, 0.05) is 5.56 Å². The molecular formula is C13H11ClO. The fraction of sp³-hybridized carbons (Fsp3) is 0. The lowest BCUT2D eigenvalue weighted by molar-refractivity contribution is 0.112. The second-order valence-electron chi connectivity index (χ2n) is 3.11. The van der Waals surface area contributed by atoms with E-state index in [0.29, 0.717) is 5.56 Å². The molecule has 2 aromatic rings. The summed E-state index contributed by atoms with van der Waals surface area (Å²) in [5.74, 6) is 0. The van der Waals surface area contributed by atoms with Crippen molar-refractivity contribution in [3.05, 3.63) is 60.2 Å². The molecular weight excluding hydrogens is 208 g/mol. The first-order valence-electron chi connectivity index (χ1n) is 4.51. The van der Waals surface area contributed by atoms with Gasteiger partial charge in [0.1, 0.15) is 6.29 Å². The zero-order valence-corrected chi connectivity index (χ0v) is 8.91. The lowest BCUT2D eigenvalue weighted by atomic mass is 10.0. The highest BCUT2D eigenvalue weighted by molar-refractivity contribution is 5.85. The maximum Gasteiger partial charge on any atom is 0.150 e. The SMILES string of the molecule is Cl.O=Cc1ccc(-c2ccccc2)cc1. The predicted octanol–water partition coefficient (Wildman–Crippen LogP) is 3.59. The van der Waals surface area contributed by atoms with Gasteiger partial charge in [-0.2, -0.15) is 0 Å². The van der Waals surface area contributed by atoms with E-state index in [1.807, 2.05) is 42.5 Å². The van der Waals surface area contributed by atoms with Gasteiger partial charge in [0.15, 0.2) is 0 Å². The van der Waals surface area contributed by atoms with Gasteiger partial charge in [-0.3, -0.25) is 4.79 Å². The van der Waals surface area contributed by atoms with Crippen LogP contribution in [-0.4, -0.2) is 6.29 Å². The third-order valence-electron chi connectivity index (χ3n) is 2.15. The fourth-order valence-corrected chi connectivity index (χ4v) is 1.38. The van der Waals surface area contributed by atoms with E-state index in [-0.39, 0.29) is 12.4 Å². The minimum absolute atomic E-state index is 0. The van der Waals surface area contributed by atoms with Gasteiger partial charge in [0.05, 0.1) is 0 Å². The normalized spacial score (nSPS) is 9.07. The smallest absolute Gasteiger partial charge is 0.150 e. The predicted molar refractivity (Wildman–Crippen MR) is 64.5 cm³/mol. The molecule has 2 rings (SSSR count). The first-order valence-corrected chi connectivity index (χ1v) is 4.51. The maximum absolute atomic E-state index is 10.5. The average Bonchev–Trinajstić information content (AvgIpc) is 2.30. The second-order valence-corrected chi connectivity index (χ2v) is 3.11. The lowest BCUT2D eigenvalue weighted by Gasteiger charge is -2.00. The van der Waals surface area contributed by atoms with Gasteiger partial charge in [-0.15, -0.1) is 12.4 Å². The van der Waals surface area contributed by atoms with Gasteiger partial charge in [0.2, 0.25) is 0 Å². The van der Waals surface area contributed by atoms with Crippen LogP contribution in [0.3, 0.4) is 0 Å². The quantitative estimate of drug-likeness (QED) is 0.704. The summed E-state index contributed by atoms with van der Waals surface area (Å²) < 4.78 is 0. The Labute approximate surface area is 95.2 Å². The standard InChI is InChI=1S/C13H10O.ClH/c14-10-11-6-8-13(9-7-11)12-4-2-1-3-5-12;/h1-10H;1H. The Morgan fingerprint density at radius 1 is 0.733 bits per heavy atom. The van der Waals surface area contributed by atoms with E-state index < -0.39 is 0 Å². The molecule has 0 atom stereocenters.